The van der Waals surface area contributed by atoms with Crippen LogP contribution in [0.5, 0.6) is 11.5 Å². The molecule has 1 saturated heterocycles. The fraction of sp³-hybridized carbons (Fsp3) is 0.609. The van der Waals surface area contributed by atoms with Crippen molar-refractivity contribution in [3.8, 4) is 11.5 Å². The van der Waals surface area contributed by atoms with Gasteiger partial charge in [0, 0.05) is 26.2 Å². The molecule has 2 rings (SSSR count). The summed E-state index contributed by atoms with van der Waals surface area (Å²) in [5.41, 5.74) is 0.183. The minimum atomic E-state index is -0.553. The van der Waals surface area contributed by atoms with E-state index in [4.69, 9.17) is 18.9 Å². The van der Waals surface area contributed by atoms with Gasteiger partial charge in [0.05, 0.1) is 20.1 Å². The molecule has 0 bridgehead atoms. The zero-order valence-electron chi connectivity index (χ0n) is 19.6. The normalized spacial score (nSPS) is 14.0. The molecule has 0 spiro atoms. The summed E-state index contributed by atoms with van der Waals surface area (Å²) in [4.78, 5) is 39.8. The van der Waals surface area contributed by atoms with E-state index in [1.165, 1.54) is 7.11 Å². The highest BCUT2D eigenvalue weighted by molar-refractivity contribution is 5.78. The van der Waals surface area contributed by atoms with Crippen LogP contribution in [-0.2, 0) is 25.5 Å². The maximum Gasteiger partial charge on any atom is 0.410 e. The molecule has 0 unspecified atom stereocenters. The number of carbonyl (C=O) groups excluding carboxylic acids is 3. The van der Waals surface area contributed by atoms with E-state index in [-0.39, 0.29) is 31.0 Å². The van der Waals surface area contributed by atoms with Crippen LogP contribution in [0.2, 0.25) is 0 Å². The highest BCUT2D eigenvalue weighted by Gasteiger charge is 2.27. The Morgan fingerprint density at radius 3 is 2.25 bits per heavy atom. The molecular weight excluding hydrogens is 416 g/mol. The molecule has 1 aliphatic heterocycles. The van der Waals surface area contributed by atoms with Crippen LogP contribution in [0.4, 0.5) is 4.79 Å². The number of ether oxygens (including phenoxy) is 4. The average Bonchev–Trinajstić information content (AvgIpc) is 2.75. The van der Waals surface area contributed by atoms with E-state index in [2.05, 4.69) is 0 Å². The van der Waals surface area contributed by atoms with E-state index in [1.54, 1.807) is 28.0 Å². The molecule has 1 aliphatic rings. The Morgan fingerprint density at radius 2 is 1.66 bits per heavy atom. The molecule has 1 fully saturated rings. The Hall–Kier alpha value is -2.97. The smallest absolute Gasteiger partial charge is 0.410 e. The molecule has 9 heteroatoms. The van der Waals surface area contributed by atoms with E-state index in [0.29, 0.717) is 44.3 Å². The Bertz CT molecular complexity index is 796. The minimum Gasteiger partial charge on any atom is -0.493 e. The molecule has 0 atom stereocenters. The van der Waals surface area contributed by atoms with E-state index < -0.39 is 5.60 Å². The van der Waals surface area contributed by atoms with Crippen LogP contribution in [-0.4, -0.2) is 79.9 Å². The largest absolute Gasteiger partial charge is 0.493 e. The van der Waals surface area contributed by atoms with E-state index in [0.717, 1.165) is 12.0 Å². The van der Waals surface area contributed by atoms with Crippen LogP contribution in [0, 0.1) is 0 Å². The van der Waals surface area contributed by atoms with Crippen molar-refractivity contribution in [2.75, 3.05) is 46.5 Å². The maximum absolute atomic E-state index is 12.6. The SMILES string of the molecule is CCCOC(=O)Cc1ccc(OCC(=O)N2CCN(C(=O)OC(C)(C)C)CC2)c(OC)c1. The van der Waals surface area contributed by atoms with Crippen molar-refractivity contribution in [2.45, 2.75) is 46.1 Å². The third-order valence-electron chi connectivity index (χ3n) is 4.68. The lowest BCUT2D eigenvalue weighted by Gasteiger charge is -2.35. The van der Waals surface area contributed by atoms with Gasteiger partial charge >= 0.3 is 12.1 Å². The van der Waals surface area contributed by atoms with Crippen LogP contribution < -0.4 is 9.47 Å². The minimum absolute atomic E-state index is 0.136. The fourth-order valence-corrected chi connectivity index (χ4v) is 3.07. The lowest BCUT2D eigenvalue weighted by atomic mass is 10.1. The summed E-state index contributed by atoms with van der Waals surface area (Å²) < 4.78 is 21.5. The van der Waals surface area contributed by atoms with Crippen molar-refractivity contribution in [1.29, 1.82) is 0 Å². The highest BCUT2D eigenvalue weighted by atomic mass is 16.6. The van der Waals surface area contributed by atoms with Gasteiger partial charge in [0.1, 0.15) is 5.60 Å². The van der Waals surface area contributed by atoms with E-state index >= 15 is 0 Å². The first-order chi connectivity index (χ1) is 15.1. The van der Waals surface area contributed by atoms with Gasteiger partial charge in [0.15, 0.2) is 18.1 Å². The van der Waals surface area contributed by atoms with Crippen molar-refractivity contribution >= 4 is 18.0 Å². The Kier molecular flexibility index (Phi) is 9.16. The predicted molar refractivity (Wildman–Crippen MR) is 118 cm³/mol. The number of benzene rings is 1. The van der Waals surface area contributed by atoms with Gasteiger partial charge in [-0.1, -0.05) is 13.0 Å². The second-order valence-electron chi connectivity index (χ2n) is 8.52. The van der Waals surface area contributed by atoms with Gasteiger partial charge < -0.3 is 28.7 Å². The second-order valence-corrected chi connectivity index (χ2v) is 8.52. The Morgan fingerprint density at radius 1 is 1.00 bits per heavy atom. The molecule has 2 amide bonds. The molecule has 1 aromatic carbocycles. The van der Waals surface area contributed by atoms with Crippen molar-refractivity contribution in [3.05, 3.63) is 23.8 Å². The lowest BCUT2D eigenvalue weighted by molar-refractivity contribution is -0.142. The Balaban J connectivity index is 1.85. The standard InChI is InChI=1S/C23H34N2O7/c1-6-13-30-21(27)15-17-7-8-18(19(14-17)29-5)31-16-20(26)24-9-11-25(12-10-24)22(28)32-23(2,3)4/h7-8,14H,6,9-13,15-16H2,1-5H3. The van der Waals surface area contributed by atoms with Crippen molar-refractivity contribution < 1.29 is 33.3 Å². The second kappa shape index (κ2) is 11.6. The van der Waals surface area contributed by atoms with Crippen LogP contribution in [0.3, 0.4) is 0 Å². The summed E-state index contributed by atoms with van der Waals surface area (Å²) in [6, 6.07) is 5.12. The quantitative estimate of drug-likeness (QED) is 0.562. The maximum atomic E-state index is 12.6. The first-order valence-corrected chi connectivity index (χ1v) is 10.8. The summed E-state index contributed by atoms with van der Waals surface area (Å²) in [5.74, 6) is 0.374. The molecule has 32 heavy (non-hydrogen) atoms. The first-order valence-electron chi connectivity index (χ1n) is 10.8. The van der Waals surface area contributed by atoms with Crippen LogP contribution in [0.1, 0.15) is 39.7 Å². The average molecular weight is 451 g/mol. The number of amides is 2. The number of hydrogen-bond donors (Lipinski definition) is 0. The van der Waals surface area contributed by atoms with Gasteiger partial charge in [-0.3, -0.25) is 9.59 Å². The van der Waals surface area contributed by atoms with Crippen molar-refractivity contribution in [1.82, 2.24) is 9.80 Å². The molecule has 9 nitrogen and oxygen atoms in total. The van der Waals surface area contributed by atoms with Gasteiger partial charge in [-0.15, -0.1) is 0 Å². The third kappa shape index (κ3) is 7.94. The van der Waals surface area contributed by atoms with Crippen LogP contribution in [0.15, 0.2) is 18.2 Å². The highest BCUT2D eigenvalue weighted by Crippen LogP contribution is 2.28. The van der Waals surface area contributed by atoms with Gasteiger partial charge in [-0.25, -0.2) is 4.79 Å². The summed E-state index contributed by atoms with van der Waals surface area (Å²) in [7, 11) is 1.50. The number of piperazine rings is 1. The monoisotopic (exact) mass is 450 g/mol. The van der Waals surface area contributed by atoms with Crippen LogP contribution in [0.25, 0.3) is 0 Å². The lowest BCUT2D eigenvalue weighted by Crippen LogP contribution is -2.52. The molecule has 1 heterocycles. The molecule has 0 N–H and O–H groups in total. The first kappa shape index (κ1) is 25.3. The number of nitrogens with zero attached hydrogens (tertiary/aromatic N) is 2. The fourth-order valence-electron chi connectivity index (χ4n) is 3.07. The van der Waals surface area contributed by atoms with Gasteiger partial charge in [-0.05, 0) is 44.9 Å². The summed E-state index contributed by atoms with van der Waals surface area (Å²) in [5, 5.41) is 0. The van der Waals surface area contributed by atoms with Crippen LogP contribution >= 0.6 is 0 Å². The number of carbonyl (C=O) groups is 3. The van der Waals surface area contributed by atoms with Crippen molar-refractivity contribution in [2.24, 2.45) is 0 Å². The number of rotatable bonds is 8. The zero-order valence-corrected chi connectivity index (χ0v) is 19.6. The van der Waals surface area contributed by atoms with Gasteiger partial charge in [0.2, 0.25) is 0 Å². The van der Waals surface area contributed by atoms with E-state index in [1.807, 2.05) is 27.7 Å². The molecule has 0 saturated carbocycles. The molecular formula is C23H34N2O7. The third-order valence-corrected chi connectivity index (χ3v) is 4.68. The van der Waals surface area contributed by atoms with Gasteiger partial charge in [0.25, 0.3) is 5.91 Å². The van der Waals surface area contributed by atoms with Gasteiger partial charge in [-0.2, -0.15) is 0 Å². The predicted octanol–water partition coefficient (Wildman–Crippen LogP) is 2.65. The van der Waals surface area contributed by atoms with Crippen molar-refractivity contribution in [3.63, 3.8) is 0 Å². The summed E-state index contributed by atoms with van der Waals surface area (Å²) >= 11 is 0. The molecule has 0 aliphatic carbocycles. The number of methoxy groups -OCH3 is 1. The molecule has 0 radical (unpaired) electrons. The zero-order chi connectivity index (χ0) is 23.7. The summed E-state index contributed by atoms with van der Waals surface area (Å²) in [6.45, 7) is 9.29. The molecule has 0 aromatic heterocycles. The Labute approximate surface area is 189 Å². The topological polar surface area (TPSA) is 94.6 Å². The molecule has 178 valence electrons. The summed E-state index contributed by atoms with van der Waals surface area (Å²) in [6.07, 6.45) is 0.535. The number of esters is 1. The van der Waals surface area contributed by atoms with E-state index in [9.17, 15) is 14.4 Å². The number of hydrogen-bond acceptors (Lipinski definition) is 7. The molecule has 1 aromatic rings.